The summed E-state index contributed by atoms with van der Waals surface area (Å²) >= 11 is 1.05. The topological polar surface area (TPSA) is 123 Å². The molecule has 1 aliphatic carbocycles. The lowest BCUT2D eigenvalue weighted by atomic mass is 10.6. The smallest absolute Gasteiger partial charge is 0.321 e. The van der Waals surface area contributed by atoms with Crippen LogP contribution in [0.4, 0.5) is 4.79 Å². The fraction of sp³-hybridized carbons (Fsp3) is 0.556. The van der Waals surface area contributed by atoms with Crippen molar-refractivity contribution in [2.24, 2.45) is 5.73 Å². The first-order chi connectivity index (χ1) is 8.67. The highest BCUT2D eigenvalue weighted by molar-refractivity contribution is 7.99. The Morgan fingerprint density at radius 2 is 2.22 bits per heavy atom. The van der Waals surface area contributed by atoms with Crippen LogP contribution in [0.1, 0.15) is 18.7 Å². The summed E-state index contributed by atoms with van der Waals surface area (Å²) in [6.07, 6.45) is 1.94. The number of carbonyl (C=O) groups is 2. The maximum Gasteiger partial charge on any atom is 0.321 e. The van der Waals surface area contributed by atoms with Gasteiger partial charge in [0.25, 0.3) is 5.22 Å². The van der Waals surface area contributed by atoms with Crippen LogP contribution >= 0.6 is 11.8 Å². The molecule has 1 aromatic rings. The minimum Gasteiger partial charge on any atom is -0.415 e. The summed E-state index contributed by atoms with van der Waals surface area (Å²) < 4.78 is 5.10. The fourth-order valence-electron chi connectivity index (χ4n) is 1.12. The maximum absolute atomic E-state index is 11.4. The van der Waals surface area contributed by atoms with Gasteiger partial charge in [0.1, 0.15) is 0 Å². The highest BCUT2D eigenvalue weighted by Crippen LogP contribution is 2.18. The van der Waals surface area contributed by atoms with E-state index in [0.717, 1.165) is 24.6 Å². The van der Waals surface area contributed by atoms with Gasteiger partial charge in [-0.05, 0) is 12.8 Å². The molecule has 1 aromatic heterocycles. The molecule has 1 fully saturated rings. The standard InChI is InChI=1S/C9H13N5O3S/c10-3-7-13-14-9(17-7)18-4-6(15)12-8(16)11-5-1-2-5/h5H,1-4,10H2,(H2,11,12,15,16). The predicted molar refractivity (Wildman–Crippen MR) is 62.6 cm³/mol. The number of nitrogens with one attached hydrogen (secondary N) is 2. The zero-order valence-corrected chi connectivity index (χ0v) is 10.3. The van der Waals surface area contributed by atoms with E-state index in [9.17, 15) is 9.59 Å². The number of urea groups is 1. The molecule has 4 N–H and O–H groups in total. The van der Waals surface area contributed by atoms with Gasteiger partial charge in [-0.3, -0.25) is 10.1 Å². The largest absolute Gasteiger partial charge is 0.415 e. The number of carbonyl (C=O) groups excluding carboxylic acids is 2. The molecule has 1 aliphatic rings. The first kappa shape index (κ1) is 12.8. The van der Waals surface area contributed by atoms with Crippen LogP contribution in [0.5, 0.6) is 0 Å². The maximum atomic E-state index is 11.4. The minimum atomic E-state index is -0.462. The number of nitrogens with two attached hydrogens (primary N) is 1. The molecule has 8 nitrogen and oxygen atoms in total. The van der Waals surface area contributed by atoms with Crippen molar-refractivity contribution in [1.29, 1.82) is 0 Å². The van der Waals surface area contributed by atoms with Crippen LogP contribution in [0, 0.1) is 0 Å². The third-order valence-electron chi connectivity index (χ3n) is 2.12. The van der Waals surface area contributed by atoms with E-state index in [1.54, 1.807) is 0 Å². The highest BCUT2D eigenvalue weighted by Gasteiger charge is 2.23. The average Bonchev–Trinajstić information content (AvgIpc) is 3.02. The van der Waals surface area contributed by atoms with Crippen LogP contribution in [0.2, 0.25) is 0 Å². The van der Waals surface area contributed by atoms with Crippen molar-refractivity contribution in [2.75, 3.05) is 5.75 Å². The molecule has 98 valence electrons. The number of imide groups is 1. The van der Waals surface area contributed by atoms with E-state index in [2.05, 4.69) is 20.8 Å². The quantitative estimate of drug-likeness (QED) is 0.623. The molecule has 9 heteroatoms. The van der Waals surface area contributed by atoms with Crippen molar-refractivity contribution >= 4 is 23.7 Å². The van der Waals surface area contributed by atoms with Crippen LogP contribution < -0.4 is 16.4 Å². The lowest BCUT2D eigenvalue weighted by molar-refractivity contribution is -0.117. The molecule has 0 radical (unpaired) electrons. The zero-order valence-electron chi connectivity index (χ0n) is 9.51. The summed E-state index contributed by atoms with van der Waals surface area (Å²) in [5, 5.41) is 12.5. The van der Waals surface area contributed by atoms with Crippen molar-refractivity contribution in [3.63, 3.8) is 0 Å². The molecule has 1 saturated carbocycles. The summed E-state index contributed by atoms with van der Waals surface area (Å²) in [6.45, 7) is 0.156. The molecular formula is C9H13N5O3S. The number of aromatic nitrogens is 2. The molecule has 0 unspecified atom stereocenters. The Kier molecular flexibility index (Phi) is 4.15. The predicted octanol–water partition coefficient (Wildman–Crippen LogP) is -0.391. The molecule has 0 spiro atoms. The first-order valence-electron chi connectivity index (χ1n) is 5.43. The van der Waals surface area contributed by atoms with Gasteiger partial charge in [0, 0.05) is 6.04 Å². The van der Waals surface area contributed by atoms with Gasteiger partial charge in [-0.25, -0.2) is 4.79 Å². The van der Waals surface area contributed by atoms with Crippen molar-refractivity contribution in [3.05, 3.63) is 5.89 Å². The van der Waals surface area contributed by atoms with E-state index in [0.29, 0.717) is 5.89 Å². The molecule has 1 heterocycles. The molecule has 18 heavy (non-hydrogen) atoms. The van der Waals surface area contributed by atoms with E-state index >= 15 is 0 Å². The number of thioether (sulfide) groups is 1. The second-order valence-electron chi connectivity index (χ2n) is 3.75. The number of amides is 3. The van der Waals surface area contributed by atoms with Crippen molar-refractivity contribution in [3.8, 4) is 0 Å². The molecular weight excluding hydrogens is 258 g/mol. The number of nitrogens with zero attached hydrogens (tertiary/aromatic N) is 2. The van der Waals surface area contributed by atoms with Crippen molar-refractivity contribution in [2.45, 2.75) is 30.7 Å². The van der Waals surface area contributed by atoms with Gasteiger partial charge in [0.2, 0.25) is 11.8 Å². The Bertz CT molecular complexity index is 445. The lowest BCUT2D eigenvalue weighted by Crippen LogP contribution is -2.41. The monoisotopic (exact) mass is 271 g/mol. The van der Waals surface area contributed by atoms with Gasteiger partial charge in [0.05, 0.1) is 12.3 Å². The third kappa shape index (κ3) is 4.00. The number of hydrogen-bond donors (Lipinski definition) is 3. The third-order valence-corrected chi connectivity index (χ3v) is 2.93. The molecule has 3 amide bonds. The molecule has 0 aromatic carbocycles. The van der Waals surface area contributed by atoms with E-state index in [-0.39, 0.29) is 23.6 Å². The number of hydrogen-bond acceptors (Lipinski definition) is 7. The van der Waals surface area contributed by atoms with Gasteiger partial charge in [-0.15, -0.1) is 10.2 Å². The molecule has 0 saturated heterocycles. The minimum absolute atomic E-state index is 0.0320. The van der Waals surface area contributed by atoms with Gasteiger partial charge in [-0.1, -0.05) is 11.8 Å². The van der Waals surface area contributed by atoms with Gasteiger partial charge in [-0.2, -0.15) is 0 Å². The van der Waals surface area contributed by atoms with E-state index in [4.69, 9.17) is 10.2 Å². The van der Waals surface area contributed by atoms with Crippen LogP contribution in [0.25, 0.3) is 0 Å². The average molecular weight is 271 g/mol. The second kappa shape index (κ2) is 5.83. The Morgan fingerprint density at radius 3 is 2.83 bits per heavy atom. The Hall–Kier alpha value is -1.61. The SMILES string of the molecule is NCc1nnc(SCC(=O)NC(=O)NC2CC2)o1. The first-order valence-corrected chi connectivity index (χ1v) is 6.41. The summed E-state index contributed by atoms with van der Waals surface area (Å²) in [4.78, 5) is 22.6. The van der Waals surface area contributed by atoms with Crippen molar-refractivity contribution < 1.29 is 14.0 Å². The van der Waals surface area contributed by atoms with Crippen LogP contribution in [0.3, 0.4) is 0 Å². The van der Waals surface area contributed by atoms with Crippen LogP contribution in [0.15, 0.2) is 9.64 Å². The van der Waals surface area contributed by atoms with Gasteiger partial charge >= 0.3 is 6.03 Å². The van der Waals surface area contributed by atoms with Gasteiger partial charge < -0.3 is 15.5 Å². The Labute approximate surface area is 107 Å². The molecule has 0 atom stereocenters. The summed E-state index contributed by atoms with van der Waals surface area (Å²) in [6, 6.07) is -0.246. The Balaban J connectivity index is 1.68. The van der Waals surface area contributed by atoms with Gasteiger partial charge in [0.15, 0.2) is 0 Å². The van der Waals surface area contributed by atoms with Crippen LogP contribution in [-0.2, 0) is 11.3 Å². The highest BCUT2D eigenvalue weighted by atomic mass is 32.2. The lowest BCUT2D eigenvalue weighted by Gasteiger charge is -2.03. The fourth-order valence-corrected chi connectivity index (χ4v) is 1.70. The second-order valence-corrected chi connectivity index (χ2v) is 4.68. The summed E-state index contributed by atoms with van der Waals surface area (Å²) in [5.74, 6) is -0.0698. The van der Waals surface area contributed by atoms with Crippen molar-refractivity contribution in [1.82, 2.24) is 20.8 Å². The number of rotatable bonds is 5. The summed E-state index contributed by atoms with van der Waals surface area (Å²) in [5.41, 5.74) is 5.30. The molecule has 0 aliphatic heterocycles. The van der Waals surface area contributed by atoms with E-state index in [1.165, 1.54) is 0 Å². The van der Waals surface area contributed by atoms with Crippen LogP contribution in [-0.4, -0.2) is 33.9 Å². The molecule has 0 bridgehead atoms. The molecule has 2 rings (SSSR count). The van der Waals surface area contributed by atoms with E-state index < -0.39 is 11.9 Å². The summed E-state index contributed by atoms with van der Waals surface area (Å²) in [7, 11) is 0. The van der Waals surface area contributed by atoms with E-state index in [1.807, 2.05) is 0 Å². The zero-order chi connectivity index (χ0) is 13.0. The normalized spacial score (nSPS) is 14.3. The Morgan fingerprint density at radius 1 is 1.44 bits per heavy atom.